The Balaban J connectivity index is 3.04. The van der Waals surface area contributed by atoms with Crippen LogP contribution in [0.5, 0.6) is 0 Å². The highest BCUT2D eigenvalue weighted by Crippen LogP contribution is 2.19. The molecule has 0 radical (unpaired) electrons. The molecule has 1 aromatic carbocycles. The summed E-state index contributed by atoms with van der Waals surface area (Å²) in [6.07, 6.45) is -0.398. The van der Waals surface area contributed by atoms with Gasteiger partial charge in [-0.1, -0.05) is 6.07 Å². The number of aliphatic carboxylic acids is 1. The maximum Gasteiger partial charge on any atom is 0.320 e. The van der Waals surface area contributed by atoms with E-state index in [1.807, 2.05) is 0 Å². The fraction of sp³-hybridized carbons (Fsp3) is 0.364. The van der Waals surface area contributed by atoms with E-state index in [1.54, 1.807) is 0 Å². The molecule has 0 saturated carbocycles. The molecule has 0 saturated heterocycles. The Morgan fingerprint density at radius 2 is 2.18 bits per heavy atom. The predicted molar refractivity (Wildman–Crippen MR) is 56.4 cm³/mol. The summed E-state index contributed by atoms with van der Waals surface area (Å²) < 4.78 is 31.9. The largest absolute Gasteiger partial charge is 0.480 e. The molecule has 17 heavy (non-hydrogen) atoms. The minimum atomic E-state index is -1.34. The summed E-state index contributed by atoms with van der Waals surface area (Å²) >= 11 is 0. The van der Waals surface area contributed by atoms with Gasteiger partial charge in [-0.25, -0.2) is 8.78 Å². The first kappa shape index (κ1) is 13.5. The van der Waals surface area contributed by atoms with E-state index in [0.29, 0.717) is 0 Å². The number of benzene rings is 1. The molecule has 0 heterocycles. The second-order valence-electron chi connectivity index (χ2n) is 3.58. The average Bonchev–Trinajstić information content (AvgIpc) is 2.28. The summed E-state index contributed by atoms with van der Waals surface area (Å²) in [5.41, 5.74) is 5.09. The van der Waals surface area contributed by atoms with Crippen LogP contribution < -0.4 is 5.73 Å². The zero-order chi connectivity index (χ0) is 13.0. The van der Waals surface area contributed by atoms with E-state index in [2.05, 4.69) is 0 Å². The molecule has 0 bridgehead atoms. The number of ether oxygens (including phenoxy) is 1. The first-order valence-electron chi connectivity index (χ1n) is 4.90. The fourth-order valence-corrected chi connectivity index (χ4v) is 1.41. The molecule has 0 spiro atoms. The highest BCUT2D eigenvalue weighted by Gasteiger charge is 2.20. The molecule has 4 nitrogen and oxygen atoms in total. The maximum atomic E-state index is 13.8. The Kier molecular flexibility index (Phi) is 4.53. The number of halogens is 2. The summed E-state index contributed by atoms with van der Waals surface area (Å²) in [6.45, 7) is -0.0125. The van der Waals surface area contributed by atoms with Crippen molar-refractivity contribution in [1.82, 2.24) is 0 Å². The molecule has 0 aliphatic carbocycles. The van der Waals surface area contributed by atoms with Crippen LogP contribution in [0, 0.1) is 11.6 Å². The molecule has 1 aromatic rings. The van der Waals surface area contributed by atoms with Crippen molar-refractivity contribution in [3.63, 3.8) is 0 Å². The predicted octanol–water partition coefficient (Wildman–Crippen LogP) is 1.07. The lowest BCUT2D eigenvalue weighted by molar-refractivity contribution is -0.138. The van der Waals surface area contributed by atoms with Crippen molar-refractivity contribution in [2.24, 2.45) is 5.73 Å². The minimum absolute atomic E-state index is 0.0125. The van der Waals surface area contributed by atoms with E-state index in [1.165, 1.54) is 13.2 Å². The molecule has 6 heteroatoms. The van der Waals surface area contributed by atoms with E-state index < -0.39 is 30.1 Å². The molecule has 94 valence electrons. The number of rotatable bonds is 5. The van der Waals surface area contributed by atoms with Crippen molar-refractivity contribution < 1.29 is 23.4 Å². The van der Waals surface area contributed by atoms with Crippen LogP contribution in [0.4, 0.5) is 8.78 Å². The number of nitrogens with two attached hydrogens (primary N) is 1. The van der Waals surface area contributed by atoms with Crippen molar-refractivity contribution >= 4 is 5.97 Å². The summed E-state index contributed by atoms with van der Waals surface area (Å²) in [5.74, 6) is -2.91. The van der Waals surface area contributed by atoms with Gasteiger partial charge in [-0.3, -0.25) is 4.79 Å². The first-order valence-corrected chi connectivity index (χ1v) is 4.90. The second-order valence-corrected chi connectivity index (χ2v) is 3.58. The van der Waals surface area contributed by atoms with Crippen molar-refractivity contribution in [1.29, 1.82) is 0 Å². The average molecular weight is 245 g/mol. The van der Waals surface area contributed by atoms with Crippen LogP contribution in [-0.2, 0) is 22.6 Å². The molecule has 0 aliphatic rings. The highest BCUT2D eigenvalue weighted by molar-refractivity contribution is 5.73. The van der Waals surface area contributed by atoms with Crippen LogP contribution in [-0.4, -0.2) is 24.2 Å². The van der Waals surface area contributed by atoms with Crippen LogP contribution in [0.1, 0.15) is 11.1 Å². The number of carboxylic acid groups (broad SMARTS) is 1. The quantitative estimate of drug-likeness (QED) is 0.813. The number of methoxy groups -OCH3 is 1. The Labute approximate surface area is 97.0 Å². The van der Waals surface area contributed by atoms with Crippen LogP contribution in [0.2, 0.25) is 0 Å². The molecule has 0 aromatic heterocycles. The molecular weight excluding hydrogens is 232 g/mol. The summed E-state index contributed by atoms with van der Waals surface area (Å²) in [6, 6.07) is 0.988. The molecule has 1 unspecified atom stereocenters. The summed E-state index contributed by atoms with van der Waals surface area (Å²) in [5, 5.41) is 8.60. The molecule has 0 amide bonds. The first-order chi connectivity index (χ1) is 7.97. The molecular formula is C11H13F2NO3. The number of hydrogen-bond donors (Lipinski definition) is 2. The lowest BCUT2D eigenvalue weighted by Gasteiger charge is -2.11. The number of carbonyl (C=O) groups is 1. The van der Waals surface area contributed by atoms with Gasteiger partial charge in [-0.05, 0) is 6.07 Å². The van der Waals surface area contributed by atoms with Gasteiger partial charge in [-0.15, -0.1) is 0 Å². The van der Waals surface area contributed by atoms with Gasteiger partial charge in [0.05, 0.1) is 6.61 Å². The van der Waals surface area contributed by atoms with Gasteiger partial charge in [-0.2, -0.15) is 0 Å². The zero-order valence-electron chi connectivity index (χ0n) is 9.24. The van der Waals surface area contributed by atoms with Crippen LogP contribution in [0.3, 0.4) is 0 Å². The van der Waals surface area contributed by atoms with Gasteiger partial charge in [0.15, 0.2) is 0 Å². The Morgan fingerprint density at radius 3 is 2.71 bits per heavy atom. The highest BCUT2D eigenvalue weighted by atomic mass is 19.1. The Morgan fingerprint density at radius 1 is 1.53 bits per heavy atom. The molecule has 0 aliphatic heterocycles. The summed E-state index contributed by atoms with van der Waals surface area (Å²) in [4.78, 5) is 10.5. The van der Waals surface area contributed by atoms with Gasteiger partial charge in [0.25, 0.3) is 0 Å². The second kappa shape index (κ2) is 5.70. The molecule has 3 N–H and O–H groups in total. The van der Waals surface area contributed by atoms with Crippen molar-refractivity contribution in [2.75, 3.05) is 7.11 Å². The van der Waals surface area contributed by atoms with E-state index >= 15 is 0 Å². The fourth-order valence-electron chi connectivity index (χ4n) is 1.41. The molecule has 0 fully saturated rings. The third-order valence-corrected chi connectivity index (χ3v) is 2.31. The SMILES string of the molecule is COCc1ccc(F)c(CC(N)C(=O)O)c1F. The van der Waals surface area contributed by atoms with Crippen LogP contribution >= 0.6 is 0 Å². The lowest BCUT2D eigenvalue weighted by Crippen LogP contribution is -2.33. The topological polar surface area (TPSA) is 72.5 Å². The molecule has 1 atom stereocenters. The normalized spacial score (nSPS) is 12.5. The van der Waals surface area contributed by atoms with Gasteiger partial charge in [0.2, 0.25) is 0 Å². The standard InChI is InChI=1S/C11H13F2NO3/c1-17-5-6-2-3-8(12)7(10(6)13)4-9(14)11(15)16/h2-3,9H,4-5,14H2,1H3,(H,15,16). The van der Waals surface area contributed by atoms with E-state index in [9.17, 15) is 13.6 Å². The monoisotopic (exact) mass is 245 g/mol. The van der Waals surface area contributed by atoms with Gasteiger partial charge in [0, 0.05) is 24.7 Å². The van der Waals surface area contributed by atoms with Crippen molar-refractivity contribution in [3.05, 3.63) is 34.9 Å². The third kappa shape index (κ3) is 3.21. The Bertz CT molecular complexity index is 423. The number of carboxylic acids is 1. The summed E-state index contributed by atoms with van der Waals surface area (Å²) in [7, 11) is 1.38. The van der Waals surface area contributed by atoms with Crippen molar-refractivity contribution in [2.45, 2.75) is 19.1 Å². The Hall–Kier alpha value is -1.53. The minimum Gasteiger partial charge on any atom is -0.480 e. The zero-order valence-corrected chi connectivity index (χ0v) is 9.24. The third-order valence-electron chi connectivity index (χ3n) is 2.31. The van der Waals surface area contributed by atoms with E-state index in [4.69, 9.17) is 15.6 Å². The maximum absolute atomic E-state index is 13.8. The lowest BCUT2D eigenvalue weighted by atomic mass is 10.0. The van der Waals surface area contributed by atoms with Gasteiger partial charge < -0.3 is 15.6 Å². The van der Waals surface area contributed by atoms with Crippen LogP contribution in [0.25, 0.3) is 0 Å². The van der Waals surface area contributed by atoms with Gasteiger partial charge >= 0.3 is 5.97 Å². The van der Waals surface area contributed by atoms with E-state index in [-0.39, 0.29) is 17.7 Å². The van der Waals surface area contributed by atoms with Gasteiger partial charge in [0.1, 0.15) is 17.7 Å². The van der Waals surface area contributed by atoms with E-state index in [0.717, 1.165) is 6.07 Å². The number of hydrogen-bond acceptors (Lipinski definition) is 3. The van der Waals surface area contributed by atoms with Crippen molar-refractivity contribution in [3.8, 4) is 0 Å². The molecule has 1 rings (SSSR count). The smallest absolute Gasteiger partial charge is 0.320 e. The van der Waals surface area contributed by atoms with Crippen LogP contribution in [0.15, 0.2) is 12.1 Å².